The van der Waals surface area contributed by atoms with E-state index in [0.29, 0.717) is 4.88 Å². The standard InChI is InChI=1S/C20H24FN3OS/c1-14-18(26-19(22-14)15-6-8-16(21)9-7-15)20(25)24-12-10-23(11-13-24)17-4-2-3-5-17/h6-9,17H,2-5,10-13H2,1H3. The summed E-state index contributed by atoms with van der Waals surface area (Å²) in [4.78, 5) is 22.7. The number of thiazole rings is 1. The molecule has 0 radical (unpaired) electrons. The molecule has 26 heavy (non-hydrogen) atoms. The number of amides is 1. The topological polar surface area (TPSA) is 36.4 Å². The minimum Gasteiger partial charge on any atom is -0.335 e. The third-order valence-corrected chi connectivity index (χ3v) is 6.72. The van der Waals surface area contributed by atoms with Gasteiger partial charge < -0.3 is 4.90 Å². The predicted octanol–water partition coefficient (Wildman–Crippen LogP) is 3.96. The molecule has 2 aromatic rings. The van der Waals surface area contributed by atoms with Crippen molar-refractivity contribution in [3.63, 3.8) is 0 Å². The van der Waals surface area contributed by atoms with Gasteiger partial charge in [-0.15, -0.1) is 11.3 Å². The van der Waals surface area contributed by atoms with Crippen molar-refractivity contribution in [3.05, 3.63) is 40.7 Å². The molecule has 4 rings (SSSR count). The van der Waals surface area contributed by atoms with E-state index < -0.39 is 0 Å². The Hall–Kier alpha value is -1.79. The number of halogens is 1. The van der Waals surface area contributed by atoms with Crippen molar-refractivity contribution in [2.24, 2.45) is 0 Å². The van der Waals surface area contributed by atoms with E-state index in [0.717, 1.165) is 48.5 Å². The minimum absolute atomic E-state index is 0.0828. The van der Waals surface area contributed by atoms with Crippen LogP contribution in [-0.2, 0) is 0 Å². The van der Waals surface area contributed by atoms with Crippen LogP contribution in [0.2, 0.25) is 0 Å². The molecule has 6 heteroatoms. The van der Waals surface area contributed by atoms with Crippen LogP contribution in [0.25, 0.3) is 10.6 Å². The van der Waals surface area contributed by atoms with Crippen molar-refractivity contribution in [2.75, 3.05) is 26.2 Å². The van der Waals surface area contributed by atoms with E-state index in [1.807, 2.05) is 11.8 Å². The molecule has 0 bridgehead atoms. The monoisotopic (exact) mass is 373 g/mol. The smallest absolute Gasteiger partial charge is 0.265 e. The summed E-state index contributed by atoms with van der Waals surface area (Å²) in [5.41, 5.74) is 1.61. The average molecular weight is 373 g/mol. The predicted molar refractivity (Wildman–Crippen MR) is 102 cm³/mol. The molecule has 0 N–H and O–H groups in total. The fraction of sp³-hybridized carbons (Fsp3) is 0.500. The molecule has 138 valence electrons. The Kier molecular flexibility index (Phi) is 5.05. The molecule has 1 amide bonds. The van der Waals surface area contributed by atoms with Gasteiger partial charge in [0.05, 0.1) is 5.69 Å². The third kappa shape index (κ3) is 3.53. The fourth-order valence-electron chi connectivity index (χ4n) is 4.01. The molecule has 0 atom stereocenters. The first kappa shape index (κ1) is 17.6. The Morgan fingerprint density at radius 3 is 2.42 bits per heavy atom. The lowest BCUT2D eigenvalue weighted by atomic mass is 10.1. The number of hydrogen-bond acceptors (Lipinski definition) is 4. The van der Waals surface area contributed by atoms with Gasteiger partial charge in [0, 0.05) is 37.8 Å². The lowest BCUT2D eigenvalue weighted by Crippen LogP contribution is -2.51. The van der Waals surface area contributed by atoms with Gasteiger partial charge in [-0.1, -0.05) is 12.8 Å². The summed E-state index contributed by atoms with van der Waals surface area (Å²) in [7, 11) is 0. The largest absolute Gasteiger partial charge is 0.335 e. The molecule has 0 unspecified atom stereocenters. The second kappa shape index (κ2) is 7.45. The van der Waals surface area contributed by atoms with E-state index >= 15 is 0 Å². The Labute approximate surface area is 157 Å². The lowest BCUT2D eigenvalue weighted by Gasteiger charge is -2.37. The highest BCUT2D eigenvalue weighted by atomic mass is 32.1. The molecule has 0 spiro atoms. The van der Waals surface area contributed by atoms with Gasteiger partial charge in [0.15, 0.2) is 0 Å². The van der Waals surface area contributed by atoms with Crippen LogP contribution in [0.3, 0.4) is 0 Å². The zero-order valence-electron chi connectivity index (χ0n) is 15.1. The van der Waals surface area contributed by atoms with Crippen molar-refractivity contribution < 1.29 is 9.18 Å². The van der Waals surface area contributed by atoms with Gasteiger partial charge in [0.2, 0.25) is 0 Å². The van der Waals surface area contributed by atoms with E-state index in [9.17, 15) is 9.18 Å². The molecule has 2 fully saturated rings. The number of rotatable bonds is 3. The van der Waals surface area contributed by atoms with Crippen molar-refractivity contribution in [3.8, 4) is 10.6 Å². The van der Waals surface area contributed by atoms with Gasteiger partial charge in [-0.05, 0) is 44.0 Å². The van der Waals surface area contributed by atoms with Crippen molar-refractivity contribution in [1.29, 1.82) is 0 Å². The Morgan fingerprint density at radius 1 is 1.12 bits per heavy atom. The Balaban J connectivity index is 1.44. The van der Waals surface area contributed by atoms with Crippen LogP contribution in [0, 0.1) is 12.7 Å². The van der Waals surface area contributed by atoms with E-state index in [2.05, 4.69) is 9.88 Å². The SMILES string of the molecule is Cc1nc(-c2ccc(F)cc2)sc1C(=O)N1CCN(C2CCCC2)CC1. The number of carbonyl (C=O) groups excluding carboxylic acids is 1. The number of benzene rings is 1. The first-order chi connectivity index (χ1) is 12.6. The highest BCUT2D eigenvalue weighted by Crippen LogP contribution is 2.30. The van der Waals surface area contributed by atoms with Gasteiger partial charge in [0.1, 0.15) is 15.7 Å². The summed E-state index contributed by atoms with van der Waals surface area (Å²) in [6.45, 7) is 5.40. The summed E-state index contributed by atoms with van der Waals surface area (Å²) >= 11 is 1.41. The van der Waals surface area contributed by atoms with Crippen LogP contribution >= 0.6 is 11.3 Å². The van der Waals surface area contributed by atoms with Gasteiger partial charge >= 0.3 is 0 Å². The van der Waals surface area contributed by atoms with E-state index in [-0.39, 0.29) is 11.7 Å². The van der Waals surface area contributed by atoms with Crippen molar-refractivity contribution >= 4 is 17.2 Å². The number of piperazine rings is 1. The number of carbonyl (C=O) groups is 1. The first-order valence-corrected chi connectivity index (χ1v) is 10.2. The summed E-state index contributed by atoms with van der Waals surface area (Å²) in [5.74, 6) is -0.183. The second-order valence-electron chi connectivity index (χ2n) is 7.21. The van der Waals surface area contributed by atoms with Gasteiger partial charge in [0.25, 0.3) is 5.91 Å². The van der Waals surface area contributed by atoms with E-state index in [1.165, 1.54) is 49.2 Å². The maximum atomic E-state index is 13.1. The molecular weight excluding hydrogens is 349 g/mol. The Morgan fingerprint density at radius 2 is 1.77 bits per heavy atom. The zero-order valence-corrected chi connectivity index (χ0v) is 15.9. The molecular formula is C20H24FN3OS. The average Bonchev–Trinajstić information content (AvgIpc) is 3.32. The van der Waals surface area contributed by atoms with Gasteiger partial charge in [-0.2, -0.15) is 0 Å². The van der Waals surface area contributed by atoms with Gasteiger partial charge in [-0.25, -0.2) is 9.37 Å². The van der Waals surface area contributed by atoms with Crippen LogP contribution in [0.1, 0.15) is 41.0 Å². The minimum atomic E-state index is -0.265. The molecule has 1 aliphatic heterocycles. The zero-order chi connectivity index (χ0) is 18.1. The summed E-state index contributed by atoms with van der Waals surface area (Å²) < 4.78 is 13.1. The van der Waals surface area contributed by atoms with Crippen LogP contribution in [0.15, 0.2) is 24.3 Å². The van der Waals surface area contributed by atoms with Crippen molar-refractivity contribution in [2.45, 2.75) is 38.6 Å². The molecule has 2 heterocycles. The maximum absolute atomic E-state index is 13.1. The summed E-state index contributed by atoms with van der Waals surface area (Å²) in [5, 5.41) is 0.774. The number of hydrogen-bond donors (Lipinski definition) is 0. The van der Waals surface area contributed by atoms with Crippen molar-refractivity contribution in [1.82, 2.24) is 14.8 Å². The number of aryl methyl sites for hydroxylation is 1. The quantitative estimate of drug-likeness (QED) is 0.817. The molecule has 1 saturated carbocycles. The summed E-state index contributed by atoms with van der Waals surface area (Å²) in [6, 6.07) is 7.00. The van der Waals surface area contributed by atoms with E-state index in [1.54, 1.807) is 12.1 Å². The van der Waals surface area contributed by atoms with Crippen LogP contribution in [0.4, 0.5) is 4.39 Å². The fourth-order valence-corrected chi connectivity index (χ4v) is 5.05. The molecule has 1 aromatic carbocycles. The van der Waals surface area contributed by atoms with Crippen LogP contribution in [-0.4, -0.2) is 52.9 Å². The summed E-state index contributed by atoms with van der Waals surface area (Å²) in [6.07, 6.45) is 5.30. The Bertz CT molecular complexity index is 775. The maximum Gasteiger partial charge on any atom is 0.265 e. The van der Waals surface area contributed by atoms with Crippen LogP contribution in [0.5, 0.6) is 0 Å². The van der Waals surface area contributed by atoms with E-state index in [4.69, 9.17) is 0 Å². The molecule has 4 nitrogen and oxygen atoms in total. The third-order valence-electron chi connectivity index (χ3n) is 5.52. The highest BCUT2D eigenvalue weighted by Gasteiger charge is 2.29. The van der Waals surface area contributed by atoms with Crippen LogP contribution < -0.4 is 0 Å². The molecule has 1 aromatic heterocycles. The second-order valence-corrected chi connectivity index (χ2v) is 8.21. The highest BCUT2D eigenvalue weighted by molar-refractivity contribution is 7.17. The lowest BCUT2D eigenvalue weighted by molar-refractivity contribution is 0.0577. The first-order valence-electron chi connectivity index (χ1n) is 9.38. The molecule has 1 aliphatic carbocycles. The number of nitrogens with zero attached hydrogens (tertiary/aromatic N) is 3. The molecule has 1 saturated heterocycles. The van der Waals surface area contributed by atoms with Gasteiger partial charge in [-0.3, -0.25) is 9.69 Å². The number of aromatic nitrogens is 1. The molecule has 2 aliphatic rings. The normalized spacial score (nSPS) is 19.2.